The minimum atomic E-state index is -1.35. The van der Waals surface area contributed by atoms with Crippen LogP contribution < -0.4 is 31.9 Å². The molecule has 0 radical (unpaired) electrons. The van der Waals surface area contributed by atoms with Crippen LogP contribution in [-0.2, 0) is 30.4 Å². The highest BCUT2D eigenvalue weighted by Gasteiger charge is 2.35. The van der Waals surface area contributed by atoms with Crippen LogP contribution in [0, 0.1) is 18.3 Å². The number of carbonyl (C=O) groups is 6. The van der Waals surface area contributed by atoms with Gasteiger partial charge in [-0.25, -0.2) is 0 Å². The average Bonchev–Trinajstić information content (AvgIpc) is 4.00. The van der Waals surface area contributed by atoms with E-state index in [0.29, 0.717) is 36.1 Å². The average molecular weight is 914 g/mol. The molecule has 6 atom stereocenters. The number of unbranched alkanes of at least 4 members (excludes halogenated alkanes) is 1. The van der Waals surface area contributed by atoms with Gasteiger partial charge in [-0.3, -0.25) is 28.8 Å². The predicted octanol–water partition coefficient (Wildman–Crippen LogP) is 3.17. The van der Waals surface area contributed by atoms with E-state index in [1.165, 1.54) is 35.6 Å². The number of aliphatic hydroxyl groups is 1. The summed E-state index contributed by atoms with van der Waals surface area (Å²) in [5.41, 5.74) is 0.815. The maximum absolute atomic E-state index is 14.4. The monoisotopic (exact) mass is 912 g/mol. The summed E-state index contributed by atoms with van der Waals surface area (Å²) in [4.78, 5) is 84.8. The smallest absolute Gasteiger partial charge is 0.274 e. The summed E-state index contributed by atoms with van der Waals surface area (Å²) in [6, 6.07) is 1.11. The zero-order chi connectivity index (χ0) is 46.6. The number of aromatic nitrogens is 1. The third kappa shape index (κ3) is 16.0. The molecule has 0 saturated carbocycles. The number of aromatic hydroxyl groups is 1. The molecule has 8 N–H and O–H groups in total. The summed E-state index contributed by atoms with van der Waals surface area (Å²) < 4.78 is 5.29. The summed E-state index contributed by atoms with van der Waals surface area (Å²) in [7, 11) is 0. The van der Waals surface area contributed by atoms with Gasteiger partial charge in [0.05, 0.1) is 18.2 Å². The van der Waals surface area contributed by atoms with Crippen molar-refractivity contribution in [2.24, 2.45) is 5.92 Å². The zero-order valence-corrected chi connectivity index (χ0v) is 38.2. The van der Waals surface area contributed by atoms with Crippen molar-refractivity contribution in [3.63, 3.8) is 0 Å². The summed E-state index contributed by atoms with van der Waals surface area (Å²) in [6.07, 6.45) is 6.99. The Hall–Kier alpha value is -5.48. The van der Waals surface area contributed by atoms with Gasteiger partial charge in [-0.15, -0.1) is 6.42 Å². The van der Waals surface area contributed by atoms with Crippen molar-refractivity contribution < 1.29 is 43.5 Å². The molecule has 19 heteroatoms. The number of thiophene rings is 1. The third-order valence-electron chi connectivity index (χ3n) is 10.5. The number of terminal acetylenes is 1. The Kier molecular flexibility index (Phi) is 21.6. The molecule has 0 bridgehead atoms. The van der Waals surface area contributed by atoms with Crippen LogP contribution in [0.3, 0.4) is 0 Å². The number of halogens is 1. The van der Waals surface area contributed by atoms with Crippen LogP contribution in [0.5, 0.6) is 5.75 Å². The van der Waals surface area contributed by atoms with Gasteiger partial charge in [-0.1, -0.05) is 76.7 Å². The maximum atomic E-state index is 14.4. The van der Waals surface area contributed by atoms with E-state index >= 15 is 0 Å². The Bertz CT molecular complexity index is 2020. The first-order valence-corrected chi connectivity index (χ1v) is 22.4. The Labute approximate surface area is 377 Å². The minimum Gasteiger partial charge on any atom is -0.506 e. The van der Waals surface area contributed by atoms with Crippen molar-refractivity contribution in [3.8, 4) is 18.1 Å². The molecular weight excluding hydrogens is 852 g/mol. The number of phenolic OH excluding ortho intramolecular Hbond substituents is 1. The van der Waals surface area contributed by atoms with Crippen LogP contribution in [0.1, 0.15) is 107 Å². The van der Waals surface area contributed by atoms with Gasteiger partial charge < -0.3 is 51.5 Å². The summed E-state index contributed by atoms with van der Waals surface area (Å²) in [5.74, 6) is -2.31. The lowest BCUT2D eigenvalue weighted by molar-refractivity contribution is -0.136. The summed E-state index contributed by atoms with van der Waals surface area (Å²) in [5, 5.41) is 43.1. The lowest BCUT2D eigenvalue weighted by Gasteiger charge is -2.29. The molecule has 2 heterocycles. The van der Waals surface area contributed by atoms with Gasteiger partial charge in [0.2, 0.25) is 29.5 Å². The quantitative estimate of drug-likeness (QED) is 0.0430. The first kappa shape index (κ1) is 51.9. The van der Waals surface area contributed by atoms with Crippen LogP contribution in [0.25, 0.3) is 0 Å². The molecule has 0 spiro atoms. The molecule has 3 aromatic rings. The molecule has 1 aromatic carbocycles. The molecule has 63 heavy (non-hydrogen) atoms. The minimum absolute atomic E-state index is 0.0269. The van der Waals surface area contributed by atoms with Crippen LogP contribution in [-0.4, -0.2) is 113 Å². The number of nitrogens with one attached hydrogen (secondary N) is 6. The van der Waals surface area contributed by atoms with Gasteiger partial charge in [-0.2, -0.15) is 11.3 Å². The third-order valence-corrected chi connectivity index (χ3v) is 11.6. The number of rotatable bonds is 26. The second-order valence-corrected chi connectivity index (χ2v) is 16.6. The van der Waals surface area contributed by atoms with Crippen LogP contribution in [0.15, 0.2) is 45.6 Å². The zero-order valence-electron chi connectivity index (χ0n) is 36.7. The number of nitrogens with zero attached hydrogens (tertiary/aromatic N) is 2. The van der Waals surface area contributed by atoms with Crippen molar-refractivity contribution in [1.82, 2.24) is 42.0 Å². The van der Waals surface area contributed by atoms with E-state index < -0.39 is 78.2 Å². The topological polar surface area (TPSA) is 244 Å². The Morgan fingerprint density at radius 3 is 2.16 bits per heavy atom. The highest BCUT2D eigenvalue weighted by Crippen LogP contribution is 2.25. The number of hydrogen-bond acceptors (Lipinski definition) is 12. The normalized spacial score (nSPS) is 14.0. The van der Waals surface area contributed by atoms with Crippen molar-refractivity contribution in [1.29, 1.82) is 0 Å². The van der Waals surface area contributed by atoms with Crippen molar-refractivity contribution in [3.05, 3.63) is 68.7 Å². The fraction of sp³-hybridized carbons (Fsp3) is 0.523. The summed E-state index contributed by atoms with van der Waals surface area (Å²) in [6.45, 7) is 13.0. The molecule has 2 aromatic heterocycles. The molecule has 0 unspecified atom stereocenters. The Morgan fingerprint density at radius 1 is 0.873 bits per heavy atom. The Morgan fingerprint density at radius 2 is 1.57 bits per heavy atom. The number of phenols is 1. The molecule has 0 fully saturated rings. The molecule has 6 amide bonds. The van der Waals surface area contributed by atoms with Gasteiger partial charge in [0.1, 0.15) is 41.7 Å². The second kappa shape index (κ2) is 26.2. The molecule has 0 aliphatic heterocycles. The van der Waals surface area contributed by atoms with E-state index in [-0.39, 0.29) is 41.8 Å². The molecule has 3 rings (SSSR count). The largest absolute Gasteiger partial charge is 0.506 e. The first-order valence-electron chi connectivity index (χ1n) is 21.1. The van der Waals surface area contributed by atoms with Gasteiger partial charge >= 0.3 is 0 Å². The SMILES string of the molecule is C#CCNC(=O)[C@H](CO)NC(=O)[C@H](CCCCN(CC)CC)NC(=O)[C@@H](NC(=O)[C@@H](NC(=O)[C@H](Cc1ccc(O)c(Cl)c1)NC(=O)c1cc(C(C)C)on1)c1ccsc1)[C@@H](C)CC. The number of aliphatic hydroxyl groups excluding tert-OH is 1. The van der Waals surface area contributed by atoms with Gasteiger partial charge in [0, 0.05) is 18.4 Å². The van der Waals surface area contributed by atoms with E-state index in [0.717, 1.165) is 19.6 Å². The fourth-order valence-corrected chi connectivity index (χ4v) is 7.31. The Balaban J connectivity index is 1.91. The van der Waals surface area contributed by atoms with Gasteiger partial charge in [0.25, 0.3) is 5.91 Å². The standard InChI is InChI=1S/C44H61ClN8O9S/c1-8-18-46-39(56)34(24-54)49-40(57)31(14-12-13-19-53(10-3)11-4)47-43(60)37(27(7)9-2)50-44(61)38(29-17-20-63-25-29)51-41(58)32(22-28-15-16-35(55)30(45)21-28)48-42(59)33-23-36(26(5)6)62-52-33/h1,15-17,20-21,23,25-27,31-32,34,37-38,54-55H,9-14,18-19,22,24H2,2-7H3,(H,46,56)(H,47,60)(H,48,59)(H,49,57)(H,50,61)(H,51,58)/t27-,31-,32-,34-,37-,38-/m0/s1. The second-order valence-electron chi connectivity index (χ2n) is 15.4. The molecular formula is C44H61ClN8O9S. The van der Waals surface area contributed by atoms with Gasteiger partial charge in [0.15, 0.2) is 5.69 Å². The number of benzene rings is 1. The number of carbonyl (C=O) groups excluding carboxylic acids is 6. The molecule has 0 aliphatic rings. The van der Waals surface area contributed by atoms with Gasteiger partial charge in [-0.05, 0) is 84.9 Å². The number of amides is 6. The molecule has 0 saturated heterocycles. The lowest BCUT2D eigenvalue weighted by atomic mass is 9.96. The van der Waals surface area contributed by atoms with Crippen molar-refractivity contribution >= 4 is 58.4 Å². The van der Waals surface area contributed by atoms with Crippen LogP contribution in [0.2, 0.25) is 5.02 Å². The lowest BCUT2D eigenvalue weighted by Crippen LogP contribution is -2.59. The van der Waals surface area contributed by atoms with Crippen LogP contribution >= 0.6 is 22.9 Å². The highest BCUT2D eigenvalue weighted by molar-refractivity contribution is 7.08. The van der Waals surface area contributed by atoms with E-state index in [2.05, 4.69) is 47.9 Å². The van der Waals surface area contributed by atoms with Crippen molar-refractivity contribution in [2.45, 2.75) is 110 Å². The van der Waals surface area contributed by atoms with Crippen molar-refractivity contribution in [2.75, 3.05) is 32.8 Å². The number of hydrogen-bond donors (Lipinski definition) is 8. The molecule has 344 valence electrons. The molecule has 0 aliphatic carbocycles. The first-order chi connectivity index (χ1) is 30.1. The van der Waals surface area contributed by atoms with E-state index in [1.807, 2.05) is 34.6 Å². The van der Waals surface area contributed by atoms with E-state index in [9.17, 15) is 39.0 Å². The molecule has 17 nitrogen and oxygen atoms in total. The highest BCUT2D eigenvalue weighted by atomic mass is 35.5. The fourth-order valence-electron chi connectivity index (χ4n) is 6.43. The van der Waals surface area contributed by atoms with E-state index in [1.54, 1.807) is 23.8 Å². The van der Waals surface area contributed by atoms with Crippen LogP contribution in [0.4, 0.5) is 0 Å². The summed E-state index contributed by atoms with van der Waals surface area (Å²) >= 11 is 7.45. The maximum Gasteiger partial charge on any atom is 0.274 e. The van der Waals surface area contributed by atoms with E-state index in [4.69, 9.17) is 22.5 Å². The predicted molar refractivity (Wildman–Crippen MR) is 240 cm³/mol.